The number of carbonyl (C=O) groups is 3. The van der Waals surface area contributed by atoms with Gasteiger partial charge in [0.15, 0.2) is 6.61 Å². The highest BCUT2D eigenvalue weighted by atomic mass is 32.1. The molecule has 7 nitrogen and oxygen atoms in total. The third kappa shape index (κ3) is 6.28. The van der Waals surface area contributed by atoms with Gasteiger partial charge in [-0.3, -0.25) is 10.1 Å². The van der Waals surface area contributed by atoms with Crippen molar-refractivity contribution >= 4 is 29.2 Å². The zero-order valence-electron chi connectivity index (χ0n) is 15.7. The Morgan fingerprint density at radius 1 is 1.17 bits per heavy atom. The lowest BCUT2D eigenvalue weighted by molar-refractivity contribution is -0.137. The van der Waals surface area contributed by atoms with Crippen LogP contribution in [0.2, 0.25) is 0 Å². The molecule has 156 valence electrons. The Kier molecular flexibility index (Phi) is 6.96. The molecule has 0 saturated carbocycles. The first-order valence-electron chi connectivity index (χ1n) is 8.40. The van der Waals surface area contributed by atoms with E-state index in [0.29, 0.717) is 16.3 Å². The maximum absolute atomic E-state index is 12.7. The average Bonchev–Trinajstić information content (AvgIpc) is 3.00. The molecule has 1 aromatic heterocycles. The van der Waals surface area contributed by atoms with Gasteiger partial charge < -0.3 is 10.1 Å². The van der Waals surface area contributed by atoms with Crippen molar-refractivity contribution in [2.24, 2.45) is 0 Å². The molecule has 29 heavy (non-hydrogen) atoms. The minimum Gasteiger partial charge on any atom is -0.451 e. The number of nitrogens with one attached hydrogen (secondary N) is 2. The number of alkyl halides is 3. The molecule has 0 aliphatic carbocycles. The fourth-order valence-electron chi connectivity index (χ4n) is 2.17. The molecule has 0 unspecified atom stereocenters. The minimum atomic E-state index is -4.45. The van der Waals surface area contributed by atoms with E-state index in [1.165, 1.54) is 19.1 Å². The smallest absolute Gasteiger partial charge is 0.416 e. The molecule has 1 heterocycles. The highest BCUT2D eigenvalue weighted by Gasteiger charge is 2.30. The van der Waals surface area contributed by atoms with Crippen molar-refractivity contribution in [3.05, 3.63) is 40.4 Å². The molecule has 0 radical (unpaired) electrons. The highest BCUT2D eigenvalue weighted by Crippen LogP contribution is 2.33. The molecule has 2 rings (SSSR count). The zero-order valence-corrected chi connectivity index (χ0v) is 16.5. The maximum Gasteiger partial charge on any atom is 0.416 e. The fourth-order valence-corrected chi connectivity index (χ4v) is 3.13. The van der Waals surface area contributed by atoms with Gasteiger partial charge >= 0.3 is 18.2 Å². The van der Waals surface area contributed by atoms with Crippen LogP contribution in [0.3, 0.4) is 0 Å². The molecule has 2 aromatic rings. The van der Waals surface area contributed by atoms with Gasteiger partial charge in [0, 0.05) is 11.6 Å². The van der Waals surface area contributed by atoms with Gasteiger partial charge in [-0.1, -0.05) is 12.1 Å². The van der Waals surface area contributed by atoms with E-state index in [4.69, 9.17) is 4.74 Å². The van der Waals surface area contributed by atoms with E-state index in [1.807, 2.05) is 5.32 Å². The van der Waals surface area contributed by atoms with Crippen molar-refractivity contribution in [1.82, 2.24) is 15.6 Å². The minimum absolute atomic E-state index is 0.110. The molecule has 0 aliphatic rings. The Labute approximate surface area is 168 Å². The van der Waals surface area contributed by atoms with Crippen LogP contribution < -0.4 is 10.6 Å². The number of thiazole rings is 1. The number of urea groups is 1. The monoisotopic (exact) mass is 429 g/mol. The van der Waals surface area contributed by atoms with Gasteiger partial charge in [0.1, 0.15) is 9.88 Å². The Hall–Kier alpha value is -2.95. The summed E-state index contributed by atoms with van der Waals surface area (Å²) < 4.78 is 42.8. The van der Waals surface area contributed by atoms with Crippen molar-refractivity contribution in [3.63, 3.8) is 0 Å². The van der Waals surface area contributed by atoms with E-state index in [2.05, 4.69) is 10.3 Å². The van der Waals surface area contributed by atoms with Crippen molar-refractivity contribution in [2.45, 2.75) is 33.0 Å². The van der Waals surface area contributed by atoms with Crippen LogP contribution in [0.15, 0.2) is 24.3 Å². The first-order valence-corrected chi connectivity index (χ1v) is 9.21. The van der Waals surface area contributed by atoms with E-state index < -0.39 is 36.3 Å². The lowest BCUT2D eigenvalue weighted by atomic mass is 10.1. The lowest BCUT2D eigenvalue weighted by Crippen LogP contribution is -2.44. The van der Waals surface area contributed by atoms with E-state index >= 15 is 0 Å². The molecule has 3 amide bonds. The predicted molar refractivity (Wildman–Crippen MR) is 99.4 cm³/mol. The van der Waals surface area contributed by atoms with Crippen molar-refractivity contribution in [2.75, 3.05) is 6.61 Å². The first-order chi connectivity index (χ1) is 13.5. The number of imide groups is 1. The molecule has 2 N–H and O–H groups in total. The summed E-state index contributed by atoms with van der Waals surface area (Å²) in [6.45, 7) is 4.30. The number of nitrogens with zero attached hydrogens (tertiary/aromatic N) is 1. The summed E-state index contributed by atoms with van der Waals surface area (Å²) in [5, 5.41) is 4.79. The third-order valence-corrected chi connectivity index (χ3v) is 4.63. The van der Waals surface area contributed by atoms with Gasteiger partial charge in [-0.25, -0.2) is 14.6 Å². The summed E-state index contributed by atoms with van der Waals surface area (Å²) in [7, 11) is 0. The molecule has 0 saturated heterocycles. The number of benzene rings is 1. The van der Waals surface area contributed by atoms with E-state index in [-0.39, 0.29) is 10.9 Å². The summed E-state index contributed by atoms with van der Waals surface area (Å²) in [6, 6.07) is 3.50. The van der Waals surface area contributed by atoms with Crippen LogP contribution in [-0.4, -0.2) is 35.5 Å². The van der Waals surface area contributed by atoms with Gasteiger partial charge in [-0.2, -0.15) is 13.2 Å². The highest BCUT2D eigenvalue weighted by molar-refractivity contribution is 7.17. The standard InChI is InChI=1S/C18H18F3N3O4S/c1-9(2)22-17(27)24-13(25)8-28-16(26)14-10(3)23-15(29-14)11-4-6-12(7-5-11)18(19,20)21/h4-7,9H,8H2,1-3H3,(H2,22,24,25,27). The Morgan fingerprint density at radius 2 is 1.79 bits per heavy atom. The molecule has 11 heteroatoms. The number of esters is 1. The summed E-state index contributed by atoms with van der Waals surface area (Å²) >= 11 is 0.930. The van der Waals surface area contributed by atoms with Crippen LogP contribution in [-0.2, 0) is 15.7 Å². The first kappa shape index (κ1) is 22.3. The van der Waals surface area contributed by atoms with Crippen LogP contribution in [0.5, 0.6) is 0 Å². The van der Waals surface area contributed by atoms with Crippen LogP contribution >= 0.6 is 11.3 Å². The van der Waals surface area contributed by atoms with Gasteiger partial charge in [-0.05, 0) is 32.9 Å². The number of carbonyl (C=O) groups excluding carboxylic acids is 3. The SMILES string of the molecule is Cc1nc(-c2ccc(C(F)(F)F)cc2)sc1C(=O)OCC(=O)NC(=O)NC(C)C. The average molecular weight is 429 g/mol. The van der Waals surface area contributed by atoms with Crippen molar-refractivity contribution < 1.29 is 32.3 Å². The maximum atomic E-state index is 12.7. The number of halogens is 3. The largest absolute Gasteiger partial charge is 0.451 e. The van der Waals surface area contributed by atoms with Gasteiger partial charge in [-0.15, -0.1) is 11.3 Å². The molecule has 0 atom stereocenters. The van der Waals surface area contributed by atoms with Crippen LogP contribution in [0, 0.1) is 6.92 Å². The van der Waals surface area contributed by atoms with Crippen molar-refractivity contribution in [3.8, 4) is 10.6 Å². The van der Waals surface area contributed by atoms with Crippen LogP contribution in [0.4, 0.5) is 18.0 Å². The summed E-state index contributed by atoms with van der Waals surface area (Å²) in [4.78, 5) is 39.5. The Morgan fingerprint density at radius 3 is 2.34 bits per heavy atom. The van der Waals surface area contributed by atoms with E-state index in [0.717, 1.165) is 23.5 Å². The number of amides is 3. The second-order valence-electron chi connectivity index (χ2n) is 6.26. The lowest BCUT2D eigenvalue weighted by Gasteiger charge is -2.09. The van der Waals surface area contributed by atoms with Gasteiger partial charge in [0.2, 0.25) is 0 Å². The number of ether oxygens (including phenoxy) is 1. The zero-order chi connectivity index (χ0) is 21.8. The molecular weight excluding hydrogens is 411 g/mol. The second kappa shape index (κ2) is 9.03. The fraction of sp³-hybridized carbons (Fsp3) is 0.333. The number of rotatable bonds is 5. The Balaban J connectivity index is 2.01. The normalized spacial score (nSPS) is 11.3. The van der Waals surface area contributed by atoms with Gasteiger partial charge in [0.05, 0.1) is 11.3 Å². The van der Waals surface area contributed by atoms with E-state index in [9.17, 15) is 27.6 Å². The number of aromatic nitrogens is 1. The number of hydrogen-bond donors (Lipinski definition) is 2. The second-order valence-corrected chi connectivity index (χ2v) is 7.26. The summed E-state index contributed by atoms with van der Waals surface area (Å²) in [5.41, 5.74) is -0.0669. The van der Waals surface area contributed by atoms with Crippen molar-refractivity contribution in [1.29, 1.82) is 0 Å². The summed E-state index contributed by atoms with van der Waals surface area (Å²) in [6.07, 6.45) is -4.45. The summed E-state index contributed by atoms with van der Waals surface area (Å²) in [5.74, 6) is -1.63. The quantitative estimate of drug-likeness (QED) is 0.709. The number of aryl methyl sites for hydroxylation is 1. The van der Waals surface area contributed by atoms with E-state index in [1.54, 1.807) is 13.8 Å². The topological polar surface area (TPSA) is 97.4 Å². The molecule has 1 aromatic carbocycles. The molecule has 0 bridgehead atoms. The number of hydrogen-bond acceptors (Lipinski definition) is 6. The van der Waals surface area contributed by atoms with Crippen LogP contribution in [0.25, 0.3) is 10.6 Å². The molecule has 0 fully saturated rings. The third-order valence-electron chi connectivity index (χ3n) is 3.45. The molecule has 0 spiro atoms. The molecular formula is C18H18F3N3O4S. The van der Waals surface area contributed by atoms with Gasteiger partial charge in [0.25, 0.3) is 5.91 Å². The molecule has 0 aliphatic heterocycles. The predicted octanol–water partition coefficient (Wildman–Crippen LogP) is 3.53. The Bertz CT molecular complexity index is 908. The van der Waals surface area contributed by atoms with Crippen LogP contribution in [0.1, 0.15) is 34.8 Å².